The van der Waals surface area contributed by atoms with E-state index in [0.717, 1.165) is 12.1 Å². The van der Waals surface area contributed by atoms with Crippen LogP contribution in [0.1, 0.15) is 41.6 Å². The van der Waals surface area contributed by atoms with Crippen molar-refractivity contribution < 1.29 is 9.90 Å². The minimum absolute atomic E-state index is 0.0421. The Labute approximate surface area is 114 Å². The maximum absolute atomic E-state index is 12.0. The molecule has 1 saturated carbocycles. The Morgan fingerprint density at radius 1 is 1.37 bits per heavy atom. The lowest BCUT2D eigenvalue weighted by Gasteiger charge is -2.10. The van der Waals surface area contributed by atoms with E-state index in [0.29, 0.717) is 11.5 Å². The third-order valence-corrected chi connectivity index (χ3v) is 3.46. The van der Waals surface area contributed by atoms with E-state index in [1.165, 1.54) is 25.7 Å². The summed E-state index contributed by atoms with van der Waals surface area (Å²) in [4.78, 5) is 12.0. The Morgan fingerprint density at radius 3 is 2.89 bits per heavy atom. The first-order valence-corrected chi connectivity index (χ1v) is 6.77. The normalized spacial score (nSPS) is 14.8. The second kappa shape index (κ2) is 6.96. The summed E-state index contributed by atoms with van der Waals surface area (Å²) >= 11 is 0. The third-order valence-electron chi connectivity index (χ3n) is 3.46. The van der Waals surface area contributed by atoms with Gasteiger partial charge in [0.2, 0.25) is 0 Å². The van der Waals surface area contributed by atoms with Gasteiger partial charge in [0.25, 0.3) is 5.91 Å². The SMILES string of the molecule is O=C(NCC1CCCC1)c1cccc(C#CCO)c1. The standard InChI is InChI=1S/C16H19NO2/c18-10-4-8-13-7-3-9-15(11-13)16(19)17-12-14-5-1-2-6-14/h3,7,9,11,14,18H,1-2,5-6,10,12H2,(H,17,19). The molecule has 0 atom stereocenters. The Bertz CT molecular complexity index is 493. The van der Waals surface area contributed by atoms with Crippen LogP contribution >= 0.6 is 0 Å². The minimum atomic E-state index is -0.169. The predicted molar refractivity (Wildman–Crippen MR) is 74.7 cm³/mol. The van der Waals surface area contributed by atoms with Crippen LogP contribution < -0.4 is 5.32 Å². The fourth-order valence-corrected chi connectivity index (χ4v) is 2.43. The summed E-state index contributed by atoms with van der Waals surface area (Å²) in [6, 6.07) is 7.18. The average molecular weight is 257 g/mol. The van der Waals surface area contributed by atoms with E-state index in [-0.39, 0.29) is 12.5 Å². The first kappa shape index (κ1) is 13.6. The van der Waals surface area contributed by atoms with Crippen molar-refractivity contribution in [3.8, 4) is 11.8 Å². The van der Waals surface area contributed by atoms with Gasteiger partial charge < -0.3 is 10.4 Å². The van der Waals surface area contributed by atoms with Gasteiger partial charge in [-0.25, -0.2) is 0 Å². The summed E-state index contributed by atoms with van der Waals surface area (Å²) in [5, 5.41) is 11.6. The van der Waals surface area contributed by atoms with Crippen LogP contribution in [0.4, 0.5) is 0 Å². The Hall–Kier alpha value is -1.79. The van der Waals surface area contributed by atoms with Crippen molar-refractivity contribution in [2.45, 2.75) is 25.7 Å². The summed E-state index contributed by atoms with van der Waals surface area (Å²) in [5.41, 5.74) is 1.38. The molecule has 1 fully saturated rings. The maximum atomic E-state index is 12.0. The van der Waals surface area contributed by atoms with E-state index in [1.54, 1.807) is 12.1 Å². The van der Waals surface area contributed by atoms with Crippen molar-refractivity contribution in [2.24, 2.45) is 5.92 Å². The maximum Gasteiger partial charge on any atom is 0.251 e. The molecule has 0 saturated heterocycles. The molecule has 3 nitrogen and oxygen atoms in total. The smallest absolute Gasteiger partial charge is 0.251 e. The molecule has 0 aliphatic heterocycles. The molecule has 1 aromatic rings. The van der Waals surface area contributed by atoms with E-state index < -0.39 is 0 Å². The van der Waals surface area contributed by atoms with Gasteiger partial charge in [-0.2, -0.15) is 0 Å². The van der Waals surface area contributed by atoms with E-state index in [4.69, 9.17) is 5.11 Å². The molecule has 0 bridgehead atoms. The number of hydrogen-bond donors (Lipinski definition) is 2. The zero-order valence-electron chi connectivity index (χ0n) is 11.0. The zero-order chi connectivity index (χ0) is 13.5. The van der Waals surface area contributed by atoms with Gasteiger partial charge in [-0.15, -0.1) is 0 Å². The monoisotopic (exact) mass is 257 g/mol. The predicted octanol–water partition coefficient (Wildman–Crippen LogP) is 1.95. The number of aliphatic hydroxyl groups excluding tert-OH is 1. The van der Waals surface area contributed by atoms with Gasteiger partial charge in [0, 0.05) is 17.7 Å². The van der Waals surface area contributed by atoms with Gasteiger partial charge in [-0.3, -0.25) is 4.79 Å². The summed E-state index contributed by atoms with van der Waals surface area (Å²) < 4.78 is 0. The second-order valence-electron chi connectivity index (χ2n) is 4.90. The number of carbonyl (C=O) groups is 1. The van der Waals surface area contributed by atoms with E-state index >= 15 is 0 Å². The second-order valence-corrected chi connectivity index (χ2v) is 4.90. The number of rotatable bonds is 3. The molecule has 1 aromatic carbocycles. The van der Waals surface area contributed by atoms with Gasteiger partial charge in [0.1, 0.15) is 6.61 Å². The van der Waals surface area contributed by atoms with Crippen LogP contribution in [0.2, 0.25) is 0 Å². The van der Waals surface area contributed by atoms with Crippen molar-refractivity contribution >= 4 is 5.91 Å². The van der Waals surface area contributed by atoms with Crippen LogP contribution in [0.5, 0.6) is 0 Å². The molecular formula is C16H19NO2. The lowest BCUT2D eigenvalue weighted by atomic mass is 10.1. The third kappa shape index (κ3) is 4.11. The molecule has 1 aliphatic rings. The highest BCUT2D eigenvalue weighted by molar-refractivity contribution is 5.94. The topological polar surface area (TPSA) is 49.3 Å². The van der Waals surface area contributed by atoms with Gasteiger partial charge in [0.05, 0.1) is 0 Å². The molecule has 2 rings (SSSR count). The van der Waals surface area contributed by atoms with Gasteiger partial charge in [-0.1, -0.05) is 30.7 Å². The lowest BCUT2D eigenvalue weighted by molar-refractivity contribution is 0.0947. The van der Waals surface area contributed by atoms with Crippen molar-refractivity contribution in [3.63, 3.8) is 0 Å². The molecule has 1 aliphatic carbocycles. The molecule has 0 heterocycles. The molecule has 100 valence electrons. The van der Waals surface area contributed by atoms with Crippen molar-refractivity contribution in [3.05, 3.63) is 35.4 Å². The fraction of sp³-hybridized carbons (Fsp3) is 0.438. The lowest BCUT2D eigenvalue weighted by Crippen LogP contribution is -2.28. The quantitative estimate of drug-likeness (QED) is 0.813. The zero-order valence-corrected chi connectivity index (χ0v) is 11.0. The fourth-order valence-electron chi connectivity index (χ4n) is 2.43. The van der Waals surface area contributed by atoms with Gasteiger partial charge in [0.15, 0.2) is 0 Å². The van der Waals surface area contributed by atoms with Crippen LogP contribution in [0, 0.1) is 17.8 Å². The molecule has 3 heteroatoms. The largest absolute Gasteiger partial charge is 0.384 e. The number of amides is 1. The van der Waals surface area contributed by atoms with E-state index in [9.17, 15) is 4.79 Å². The number of benzene rings is 1. The van der Waals surface area contributed by atoms with Crippen LogP contribution in [0.15, 0.2) is 24.3 Å². The van der Waals surface area contributed by atoms with Crippen LogP contribution in [-0.2, 0) is 0 Å². The van der Waals surface area contributed by atoms with Crippen molar-refractivity contribution in [2.75, 3.05) is 13.2 Å². The summed E-state index contributed by atoms with van der Waals surface area (Å²) in [7, 11) is 0. The first-order chi connectivity index (χ1) is 9.29. The number of nitrogens with one attached hydrogen (secondary N) is 1. The Morgan fingerprint density at radius 2 is 2.16 bits per heavy atom. The van der Waals surface area contributed by atoms with Crippen LogP contribution in [-0.4, -0.2) is 24.2 Å². The highest BCUT2D eigenvalue weighted by atomic mass is 16.2. The molecule has 2 N–H and O–H groups in total. The molecule has 0 aromatic heterocycles. The van der Waals surface area contributed by atoms with Crippen LogP contribution in [0.25, 0.3) is 0 Å². The van der Waals surface area contributed by atoms with Crippen LogP contribution in [0.3, 0.4) is 0 Å². The molecule has 0 spiro atoms. The van der Waals surface area contributed by atoms with Gasteiger partial charge in [-0.05, 0) is 37.0 Å². The Balaban J connectivity index is 1.94. The van der Waals surface area contributed by atoms with E-state index in [1.807, 2.05) is 12.1 Å². The molecule has 0 radical (unpaired) electrons. The average Bonchev–Trinajstić information content (AvgIpc) is 2.96. The molecule has 19 heavy (non-hydrogen) atoms. The van der Waals surface area contributed by atoms with E-state index in [2.05, 4.69) is 17.2 Å². The molecule has 0 unspecified atom stereocenters. The summed E-state index contributed by atoms with van der Waals surface area (Å²) in [5.74, 6) is 5.99. The highest BCUT2D eigenvalue weighted by Gasteiger charge is 2.16. The molecular weight excluding hydrogens is 238 g/mol. The highest BCUT2D eigenvalue weighted by Crippen LogP contribution is 2.23. The number of aliphatic hydroxyl groups is 1. The summed E-state index contributed by atoms with van der Waals surface area (Å²) in [6.45, 7) is 0.601. The Kier molecular flexibility index (Phi) is 5.00. The van der Waals surface area contributed by atoms with Crippen molar-refractivity contribution in [1.82, 2.24) is 5.32 Å². The number of carbonyl (C=O) groups excluding carboxylic acids is 1. The number of hydrogen-bond acceptors (Lipinski definition) is 2. The van der Waals surface area contributed by atoms with Gasteiger partial charge >= 0.3 is 0 Å². The minimum Gasteiger partial charge on any atom is -0.384 e. The summed E-state index contributed by atoms with van der Waals surface area (Å²) in [6.07, 6.45) is 5.02. The van der Waals surface area contributed by atoms with Crippen molar-refractivity contribution in [1.29, 1.82) is 0 Å². The molecule has 1 amide bonds. The first-order valence-electron chi connectivity index (χ1n) is 6.77.